The number of hydrogen-bond donors (Lipinski definition) is 1. The van der Waals surface area contributed by atoms with Gasteiger partial charge in [0, 0.05) is 40.9 Å². The lowest BCUT2D eigenvalue weighted by molar-refractivity contribution is -0.139. The van der Waals surface area contributed by atoms with Crippen LogP contribution in [0.15, 0.2) is 91.0 Å². The molecule has 7 heteroatoms. The summed E-state index contributed by atoms with van der Waals surface area (Å²) in [6, 6.07) is 26.9. The van der Waals surface area contributed by atoms with Crippen molar-refractivity contribution in [1.82, 2.24) is 4.90 Å². The first kappa shape index (κ1) is 31.8. The molecule has 1 amide bonds. The molecule has 4 aromatic rings. The number of benzene rings is 4. The minimum Gasteiger partial charge on any atom is -0.481 e. The SMILES string of the molecule is CN(CCCCCCCCc1ccccc1)C(=O)c1cc(-c2cccc(Cl)c2)c(OCC(=O)O)c(-c2ccccc2F)c1. The number of halogens is 2. The van der Waals surface area contributed by atoms with Gasteiger partial charge in [-0.2, -0.15) is 0 Å². The van der Waals surface area contributed by atoms with Crippen LogP contribution in [0.25, 0.3) is 22.3 Å². The number of carboxylic acids is 1. The Morgan fingerprint density at radius 3 is 2.19 bits per heavy atom. The van der Waals surface area contributed by atoms with Gasteiger partial charge in [0.15, 0.2) is 6.61 Å². The van der Waals surface area contributed by atoms with Crippen molar-refractivity contribution in [3.8, 4) is 28.0 Å². The second kappa shape index (κ2) is 15.9. The first-order chi connectivity index (χ1) is 20.8. The maximum Gasteiger partial charge on any atom is 0.341 e. The van der Waals surface area contributed by atoms with Crippen molar-refractivity contribution in [3.63, 3.8) is 0 Å². The Balaban J connectivity index is 1.49. The molecule has 0 saturated heterocycles. The summed E-state index contributed by atoms with van der Waals surface area (Å²) in [5.41, 5.74) is 3.30. The number of ether oxygens (including phenoxy) is 1. The molecular weight excluding hydrogens is 565 g/mol. The number of amides is 1. The first-order valence-electron chi connectivity index (χ1n) is 14.7. The van der Waals surface area contributed by atoms with E-state index in [1.54, 1.807) is 66.5 Å². The third-order valence-corrected chi connectivity index (χ3v) is 7.61. The van der Waals surface area contributed by atoms with Gasteiger partial charge in [-0.05, 0) is 60.7 Å². The number of unbranched alkanes of at least 4 members (excludes halogenated alkanes) is 5. The average molecular weight is 602 g/mol. The molecule has 5 nitrogen and oxygen atoms in total. The van der Waals surface area contributed by atoms with Gasteiger partial charge >= 0.3 is 5.97 Å². The predicted octanol–water partition coefficient (Wildman–Crippen LogP) is 8.93. The first-order valence-corrected chi connectivity index (χ1v) is 15.0. The lowest BCUT2D eigenvalue weighted by Gasteiger charge is -2.21. The fourth-order valence-corrected chi connectivity index (χ4v) is 5.33. The summed E-state index contributed by atoms with van der Waals surface area (Å²) < 4.78 is 20.8. The Bertz CT molecular complexity index is 1530. The largest absolute Gasteiger partial charge is 0.481 e. The normalized spacial score (nSPS) is 10.9. The Labute approximate surface area is 257 Å². The highest BCUT2D eigenvalue weighted by molar-refractivity contribution is 6.30. The second-order valence-corrected chi connectivity index (χ2v) is 11.1. The molecule has 4 rings (SSSR count). The van der Waals surface area contributed by atoms with Gasteiger partial charge in [0.05, 0.1) is 0 Å². The van der Waals surface area contributed by atoms with Crippen molar-refractivity contribution in [3.05, 3.63) is 113 Å². The molecule has 1 N–H and O–H groups in total. The molecule has 4 aromatic carbocycles. The van der Waals surface area contributed by atoms with Crippen LogP contribution >= 0.6 is 11.6 Å². The van der Waals surface area contributed by atoms with Crippen molar-refractivity contribution in [2.75, 3.05) is 20.2 Å². The highest BCUT2D eigenvalue weighted by Gasteiger charge is 2.22. The standard InChI is InChI=1S/C36H37ClFNO4/c1-39(21-12-5-3-2-4-7-14-26-15-8-6-9-16-26)36(42)28-23-31(27-17-13-18-29(37)22-27)35(43-25-34(40)41)32(24-28)30-19-10-11-20-33(30)38/h6,8-11,13,15-20,22-24H,2-5,7,12,14,21,25H2,1H3,(H,40,41). The third-order valence-electron chi connectivity index (χ3n) is 7.37. The Morgan fingerprint density at radius 2 is 1.47 bits per heavy atom. The van der Waals surface area contributed by atoms with Crippen LogP contribution < -0.4 is 4.74 Å². The van der Waals surface area contributed by atoms with Gasteiger partial charge in [-0.1, -0.05) is 97.9 Å². The molecule has 0 fully saturated rings. The molecule has 0 aliphatic rings. The van der Waals surface area contributed by atoms with Gasteiger partial charge in [-0.3, -0.25) is 4.79 Å². The maximum atomic E-state index is 15.1. The van der Waals surface area contributed by atoms with E-state index in [2.05, 4.69) is 24.3 Å². The average Bonchev–Trinajstić information content (AvgIpc) is 3.01. The third kappa shape index (κ3) is 9.16. The van der Waals surface area contributed by atoms with Crippen molar-refractivity contribution >= 4 is 23.5 Å². The van der Waals surface area contributed by atoms with E-state index in [0.29, 0.717) is 33.8 Å². The van der Waals surface area contributed by atoms with Crippen LogP contribution in [0.1, 0.15) is 54.4 Å². The fraction of sp³-hybridized carbons (Fsp3) is 0.278. The Hall–Kier alpha value is -4.16. The lowest BCUT2D eigenvalue weighted by Crippen LogP contribution is -2.28. The van der Waals surface area contributed by atoms with Gasteiger partial charge in [-0.25, -0.2) is 9.18 Å². The maximum absolute atomic E-state index is 15.1. The zero-order valence-corrected chi connectivity index (χ0v) is 25.2. The van der Waals surface area contributed by atoms with Gasteiger partial charge < -0.3 is 14.7 Å². The number of carboxylic acid groups (broad SMARTS) is 1. The van der Waals surface area contributed by atoms with Crippen LogP contribution in [-0.2, 0) is 11.2 Å². The quantitative estimate of drug-likeness (QED) is 0.138. The number of carbonyl (C=O) groups excluding carboxylic acids is 1. The van der Waals surface area contributed by atoms with Crippen molar-refractivity contribution in [2.45, 2.75) is 44.9 Å². The van der Waals surface area contributed by atoms with E-state index in [4.69, 9.17) is 16.3 Å². The van der Waals surface area contributed by atoms with Gasteiger partial charge in [-0.15, -0.1) is 0 Å². The monoisotopic (exact) mass is 601 g/mol. The zero-order chi connectivity index (χ0) is 30.6. The molecule has 0 aromatic heterocycles. The number of aryl methyl sites for hydroxylation is 1. The molecule has 0 radical (unpaired) electrons. The molecule has 0 unspecified atom stereocenters. The molecule has 0 bridgehead atoms. The summed E-state index contributed by atoms with van der Waals surface area (Å²) in [7, 11) is 1.76. The van der Waals surface area contributed by atoms with E-state index < -0.39 is 18.4 Å². The summed E-state index contributed by atoms with van der Waals surface area (Å²) in [6.07, 6.45) is 7.64. The summed E-state index contributed by atoms with van der Waals surface area (Å²) >= 11 is 6.28. The Morgan fingerprint density at radius 1 is 0.791 bits per heavy atom. The number of rotatable bonds is 15. The van der Waals surface area contributed by atoms with E-state index in [-0.39, 0.29) is 17.2 Å². The van der Waals surface area contributed by atoms with E-state index >= 15 is 4.39 Å². The van der Waals surface area contributed by atoms with Gasteiger partial charge in [0.2, 0.25) is 0 Å². The molecular formula is C36H37ClFNO4. The van der Waals surface area contributed by atoms with Crippen molar-refractivity contribution in [2.24, 2.45) is 0 Å². The molecule has 0 heterocycles. The molecule has 0 saturated carbocycles. The van der Waals surface area contributed by atoms with Crippen LogP contribution in [0.5, 0.6) is 5.75 Å². The highest BCUT2D eigenvalue weighted by atomic mass is 35.5. The van der Waals surface area contributed by atoms with Gasteiger partial charge in [0.25, 0.3) is 5.91 Å². The number of hydrogen-bond acceptors (Lipinski definition) is 3. The molecule has 224 valence electrons. The number of aliphatic carboxylic acids is 1. The molecule has 43 heavy (non-hydrogen) atoms. The van der Waals surface area contributed by atoms with E-state index in [1.165, 1.54) is 24.5 Å². The second-order valence-electron chi connectivity index (χ2n) is 10.7. The van der Waals surface area contributed by atoms with Crippen LogP contribution in [0.3, 0.4) is 0 Å². The van der Waals surface area contributed by atoms with Crippen LogP contribution in [-0.4, -0.2) is 42.1 Å². The topological polar surface area (TPSA) is 66.8 Å². The molecule has 0 spiro atoms. The van der Waals surface area contributed by atoms with Crippen LogP contribution in [0, 0.1) is 5.82 Å². The van der Waals surface area contributed by atoms with Crippen molar-refractivity contribution < 1.29 is 23.8 Å². The number of carbonyl (C=O) groups is 2. The molecule has 0 aliphatic carbocycles. The smallest absolute Gasteiger partial charge is 0.341 e. The summed E-state index contributed by atoms with van der Waals surface area (Å²) in [4.78, 5) is 26.8. The molecule has 0 atom stereocenters. The predicted molar refractivity (Wildman–Crippen MR) is 170 cm³/mol. The van der Waals surface area contributed by atoms with Crippen LogP contribution in [0.4, 0.5) is 4.39 Å². The highest BCUT2D eigenvalue weighted by Crippen LogP contribution is 2.42. The van der Waals surface area contributed by atoms with E-state index in [9.17, 15) is 14.7 Å². The fourth-order valence-electron chi connectivity index (χ4n) is 5.14. The minimum atomic E-state index is -1.17. The van der Waals surface area contributed by atoms with E-state index in [0.717, 1.165) is 32.1 Å². The summed E-state index contributed by atoms with van der Waals surface area (Å²) in [5, 5.41) is 9.80. The zero-order valence-electron chi connectivity index (χ0n) is 24.4. The van der Waals surface area contributed by atoms with E-state index in [1.807, 2.05) is 6.07 Å². The van der Waals surface area contributed by atoms with Crippen molar-refractivity contribution in [1.29, 1.82) is 0 Å². The Kier molecular flexibility index (Phi) is 11.7. The minimum absolute atomic E-state index is 0.168. The van der Waals surface area contributed by atoms with Gasteiger partial charge in [0.1, 0.15) is 11.6 Å². The lowest BCUT2D eigenvalue weighted by atomic mass is 9.93. The summed E-state index contributed by atoms with van der Waals surface area (Å²) in [5.74, 6) is -1.73. The number of nitrogens with zero attached hydrogens (tertiary/aromatic N) is 1. The summed E-state index contributed by atoms with van der Waals surface area (Å²) in [6.45, 7) is -0.0455. The molecule has 0 aliphatic heterocycles. The van der Waals surface area contributed by atoms with Crippen LogP contribution in [0.2, 0.25) is 5.02 Å².